The van der Waals surface area contributed by atoms with E-state index in [1.54, 1.807) is 6.07 Å². The van der Waals surface area contributed by atoms with Crippen LogP contribution < -0.4 is 10.2 Å². The van der Waals surface area contributed by atoms with E-state index in [1.165, 1.54) is 24.0 Å². The van der Waals surface area contributed by atoms with Crippen LogP contribution in [0.1, 0.15) is 29.5 Å². The van der Waals surface area contributed by atoms with E-state index in [-0.39, 0.29) is 5.82 Å². The molecule has 116 valence electrons. The molecule has 1 aliphatic heterocycles. The predicted molar refractivity (Wildman–Crippen MR) is 89.6 cm³/mol. The van der Waals surface area contributed by atoms with Crippen molar-refractivity contribution in [1.29, 1.82) is 0 Å². The van der Waals surface area contributed by atoms with E-state index in [9.17, 15) is 4.39 Å². The summed E-state index contributed by atoms with van der Waals surface area (Å²) in [5.74, 6) is -0.110. The molecule has 2 aromatic carbocycles. The Morgan fingerprint density at radius 3 is 2.45 bits per heavy atom. The minimum atomic E-state index is -0.110. The third-order valence-corrected chi connectivity index (χ3v) is 4.29. The van der Waals surface area contributed by atoms with Crippen molar-refractivity contribution in [2.75, 3.05) is 18.0 Å². The molecule has 22 heavy (non-hydrogen) atoms. The monoisotopic (exact) mass is 298 g/mol. The van der Waals surface area contributed by atoms with Crippen molar-refractivity contribution in [1.82, 2.24) is 5.32 Å². The third-order valence-electron chi connectivity index (χ3n) is 4.29. The number of halogens is 1. The molecule has 0 bridgehead atoms. The molecule has 0 unspecified atom stereocenters. The molecule has 0 aromatic heterocycles. The molecule has 1 fully saturated rings. The molecule has 2 nitrogen and oxygen atoms in total. The number of nitrogens with zero attached hydrogens (tertiary/aromatic N) is 1. The highest BCUT2D eigenvalue weighted by Crippen LogP contribution is 2.26. The van der Waals surface area contributed by atoms with Gasteiger partial charge in [0, 0.05) is 37.4 Å². The summed E-state index contributed by atoms with van der Waals surface area (Å²) in [5, 5.41) is 3.38. The van der Waals surface area contributed by atoms with Crippen LogP contribution in [0, 0.1) is 12.7 Å². The molecule has 3 heteroatoms. The summed E-state index contributed by atoms with van der Waals surface area (Å²) in [6, 6.07) is 13.9. The van der Waals surface area contributed by atoms with Gasteiger partial charge in [0.25, 0.3) is 0 Å². The molecule has 0 spiro atoms. The highest BCUT2D eigenvalue weighted by atomic mass is 19.1. The van der Waals surface area contributed by atoms with Gasteiger partial charge >= 0.3 is 0 Å². The third kappa shape index (κ3) is 3.47. The Balaban J connectivity index is 1.67. The second-order valence-corrected chi connectivity index (χ2v) is 6.02. The Labute approximate surface area is 132 Å². The van der Waals surface area contributed by atoms with Crippen LogP contribution in [-0.2, 0) is 13.1 Å². The van der Waals surface area contributed by atoms with Crippen LogP contribution in [0.25, 0.3) is 0 Å². The molecule has 0 saturated carbocycles. The topological polar surface area (TPSA) is 15.3 Å². The lowest BCUT2D eigenvalue weighted by Gasteiger charge is -2.22. The van der Waals surface area contributed by atoms with Gasteiger partial charge in [-0.15, -0.1) is 0 Å². The lowest BCUT2D eigenvalue weighted by atomic mass is 10.1. The normalized spacial score (nSPS) is 14.5. The number of aryl methyl sites for hydroxylation is 1. The van der Waals surface area contributed by atoms with Gasteiger partial charge in [-0.05, 0) is 37.5 Å². The smallest absolute Gasteiger partial charge is 0.129 e. The number of nitrogens with one attached hydrogen (secondary N) is 1. The molecule has 0 aliphatic carbocycles. The SMILES string of the molecule is Cc1ccc(CNCc2c(F)cccc2N2CCCC2)cc1. The molecule has 0 amide bonds. The fourth-order valence-corrected chi connectivity index (χ4v) is 3.01. The van der Waals surface area contributed by atoms with Gasteiger partial charge in [0.05, 0.1) is 0 Å². The van der Waals surface area contributed by atoms with Crippen LogP contribution in [-0.4, -0.2) is 13.1 Å². The first-order valence-corrected chi connectivity index (χ1v) is 8.02. The van der Waals surface area contributed by atoms with E-state index < -0.39 is 0 Å². The Morgan fingerprint density at radius 1 is 1.00 bits per heavy atom. The molecule has 3 rings (SSSR count). The largest absolute Gasteiger partial charge is 0.371 e. The number of benzene rings is 2. The van der Waals surface area contributed by atoms with E-state index in [1.807, 2.05) is 12.1 Å². The van der Waals surface area contributed by atoms with Crippen molar-refractivity contribution in [3.05, 3.63) is 65.0 Å². The first kappa shape index (κ1) is 15.0. The number of rotatable bonds is 5. The lowest BCUT2D eigenvalue weighted by Crippen LogP contribution is -2.22. The molecule has 1 saturated heterocycles. The zero-order chi connectivity index (χ0) is 15.4. The molecule has 2 aromatic rings. The van der Waals surface area contributed by atoms with Gasteiger partial charge in [0.1, 0.15) is 5.82 Å². The predicted octanol–water partition coefficient (Wildman–Crippen LogP) is 4.02. The van der Waals surface area contributed by atoms with Crippen molar-refractivity contribution in [2.45, 2.75) is 32.9 Å². The van der Waals surface area contributed by atoms with E-state index in [4.69, 9.17) is 0 Å². The van der Waals surface area contributed by atoms with Crippen LogP contribution in [0.15, 0.2) is 42.5 Å². The Bertz CT molecular complexity index is 616. The first-order valence-electron chi connectivity index (χ1n) is 8.02. The molecule has 1 N–H and O–H groups in total. The van der Waals surface area contributed by atoms with E-state index in [2.05, 4.69) is 41.4 Å². The number of hydrogen-bond donors (Lipinski definition) is 1. The van der Waals surface area contributed by atoms with Gasteiger partial charge in [0.15, 0.2) is 0 Å². The Kier molecular flexibility index (Phi) is 4.74. The zero-order valence-electron chi connectivity index (χ0n) is 13.1. The quantitative estimate of drug-likeness (QED) is 0.896. The Morgan fingerprint density at radius 2 is 1.73 bits per heavy atom. The van der Waals surface area contributed by atoms with Crippen LogP contribution in [0.4, 0.5) is 10.1 Å². The molecule has 0 atom stereocenters. The zero-order valence-corrected chi connectivity index (χ0v) is 13.1. The average molecular weight is 298 g/mol. The molecule has 0 radical (unpaired) electrons. The summed E-state index contributed by atoms with van der Waals surface area (Å²) in [6.07, 6.45) is 2.40. The fourth-order valence-electron chi connectivity index (χ4n) is 3.01. The minimum absolute atomic E-state index is 0.110. The first-order chi connectivity index (χ1) is 10.7. The van der Waals surface area contributed by atoms with Crippen molar-refractivity contribution >= 4 is 5.69 Å². The number of hydrogen-bond acceptors (Lipinski definition) is 2. The van der Waals surface area contributed by atoms with Gasteiger partial charge < -0.3 is 10.2 Å². The molecule has 1 heterocycles. The maximum atomic E-state index is 14.2. The van der Waals surface area contributed by atoms with E-state index in [0.29, 0.717) is 6.54 Å². The summed E-state index contributed by atoms with van der Waals surface area (Å²) in [6.45, 7) is 5.47. The van der Waals surface area contributed by atoms with Gasteiger partial charge in [-0.3, -0.25) is 0 Å². The summed E-state index contributed by atoms with van der Waals surface area (Å²) in [5.41, 5.74) is 4.32. The van der Waals surface area contributed by atoms with Crippen molar-refractivity contribution in [3.8, 4) is 0 Å². The van der Waals surface area contributed by atoms with Crippen molar-refractivity contribution in [2.24, 2.45) is 0 Å². The summed E-state index contributed by atoms with van der Waals surface area (Å²) in [4.78, 5) is 2.30. The van der Waals surface area contributed by atoms with Gasteiger partial charge in [-0.2, -0.15) is 0 Å². The Hall–Kier alpha value is -1.87. The lowest BCUT2D eigenvalue weighted by molar-refractivity contribution is 0.587. The van der Waals surface area contributed by atoms with Gasteiger partial charge in [0.2, 0.25) is 0 Å². The van der Waals surface area contributed by atoms with E-state index >= 15 is 0 Å². The fraction of sp³-hybridized carbons (Fsp3) is 0.368. The average Bonchev–Trinajstić information content (AvgIpc) is 3.05. The maximum Gasteiger partial charge on any atom is 0.129 e. The van der Waals surface area contributed by atoms with E-state index in [0.717, 1.165) is 30.9 Å². The highest BCUT2D eigenvalue weighted by molar-refractivity contribution is 5.54. The van der Waals surface area contributed by atoms with Crippen LogP contribution >= 0.6 is 0 Å². The molecular weight excluding hydrogens is 275 g/mol. The van der Waals surface area contributed by atoms with Crippen LogP contribution in [0.5, 0.6) is 0 Å². The van der Waals surface area contributed by atoms with Crippen molar-refractivity contribution in [3.63, 3.8) is 0 Å². The standard InChI is InChI=1S/C19H23FN2/c1-15-7-9-16(10-8-15)13-21-14-17-18(20)5-4-6-19(17)22-11-2-3-12-22/h4-10,21H,2-3,11-14H2,1H3. The molecule has 1 aliphatic rings. The summed E-state index contributed by atoms with van der Waals surface area (Å²) < 4.78 is 14.2. The van der Waals surface area contributed by atoms with Crippen molar-refractivity contribution < 1.29 is 4.39 Å². The van der Waals surface area contributed by atoms with Gasteiger partial charge in [-0.25, -0.2) is 4.39 Å². The van der Waals surface area contributed by atoms with Crippen LogP contribution in [0.3, 0.4) is 0 Å². The highest BCUT2D eigenvalue weighted by Gasteiger charge is 2.17. The minimum Gasteiger partial charge on any atom is -0.371 e. The van der Waals surface area contributed by atoms with Gasteiger partial charge in [-0.1, -0.05) is 35.9 Å². The second-order valence-electron chi connectivity index (χ2n) is 6.02. The number of anilines is 1. The maximum absolute atomic E-state index is 14.2. The summed E-state index contributed by atoms with van der Waals surface area (Å²) >= 11 is 0. The molecular formula is C19H23FN2. The summed E-state index contributed by atoms with van der Waals surface area (Å²) in [7, 11) is 0. The second kappa shape index (κ2) is 6.93. The van der Waals surface area contributed by atoms with Crippen LogP contribution in [0.2, 0.25) is 0 Å².